The Morgan fingerprint density at radius 1 is 1.12 bits per heavy atom. The molecule has 0 unspecified atom stereocenters. The molecule has 0 radical (unpaired) electrons. The van der Waals surface area contributed by atoms with Crippen LogP contribution < -0.4 is 10.2 Å². The van der Waals surface area contributed by atoms with Crippen LogP contribution >= 0.6 is 11.6 Å². The largest absolute Gasteiger partial charge is 0.459 e. The summed E-state index contributed by atoms with van der Waals surface area (Å²) in [4.78, 5) is 6.24. The topological polar surface area (TPSA) is 88.6 Å². The second-order valence-corrected chi connectivity index (χ2v) is 8.10. The maximum atomic E-state index is 13.2. The number of aromatic nitrogens is 1. The number of sulfone groups is 1. The molecule has 0 amide bonds. The molecule has 1 aromatic carbocycles. The molecule has 0 bridgehead atoms. The van der Waals surface area contributed by atoms with Crippen LogP contribution in [0, 0.1) is 0 Å². The zero-order chi connectivity index (χ0) is 18.1. The van der Waals surface area contributed by atoms with Crippen LogP contribution in [0.4, 0.5) is 5.88 Å². The van der Waals surface area contributed by atoms with Gasteiger partial charge in [-0.3, -0.25) is 0 Å². The summed E-state index contributed by atoms with van der Waals surface area (Å²) in [5.74, 6) is 0.739. The summed E-state index contributed by atoms with van der Waals surface area (Å²) < 4.78 is 37.4. The number of furan rings is 1. The van der Waals surface area contributed by atoms with Crippen molar-refractivity contribution in [3.63, 3.8) is 0 Å². The lowest BCUT2D eigenvalue weighted by atomic mass is 10.4. The Hall–Kier alpha value is -2.29. The Morgan fingerprint density at radius 2 is 1.85 bits per heavy atom. The van der Waals surface area contributed by atoms with E-state index < -0.39 is 9.84 Å². The predicted molar refractivity (Wildman–Crippen MR) is 96.2 cm³/mol. The summed E-state index contributed by atoms with van der Waals surface area (Å²) in [6, 6.07) is 9.35. The third-order valence-electron chi connectivity index (χ3n) is 4.09. The summed E-state index contributed by atoms with van der Waals surface area (Å²) in [6.45, 7) is 2.71. The lowest BCUT2D eigenvalue weighted by Gasteiger charge is -2.27. The summed E-state index contributed by atoms with van der Waals surface area (Å²) in [5, 5.41) is 3.57. The lowest BCUT2D eigenvalue weighted by molar-refractivity contribution is 0.488. The minimum atomic E-state index is -3.87. The highest BCUT2D eigenvalue weighted by Crippen LogP contribution is 2.35. The van der Waals surface area contributed by atoms with Gasteiger partial charge in [0.15, 0.2) is 5.76 Å². The molecule has 1 saturated heterocycles. The molecular formula is C17H16ClN3O4S. The third kappa shape index (κ3) is 3.11. The molecule has 1 N–H and O–H groups in total. The highest BCUT2D eigenvalue weighted by molar-refractivity contribution is 7.91. The normalized spacial score (nSPS) is 15.3. The summed E-state index contributed by atoms with van der Waals surface area (Å²) in [6.07, 6.45) is 1.48. The van der Waals surface area contributed by atoms with Gasteiger partial charge in [0.1, 0.15) is 0 Å². The first-order valence-corrected chi connectivity index (χ1v) is 9.93. The van der Waals surface area contributed by atoms with Crippen molar-refractivity contribution >= 4 is 27.3 Å². The number of nitrogens with one attached hydrogen (secondary N) is 1. The standard InChI is InChI=1S/C17H16ClN3O4S/c18-12-3-5-13(6-4-12)26(22,23)16-17(21-9-7-19-8-10-21)25-15(20-16)14-2-1-11-24-14/h1-6,11,19H,7-10H2. The van der Waals surface area contributed by atoms with Crippen molar-refractivity contribution in [1.82, 2.24) is 10.3 Å². The molecule has 2 aromatic heterocycles. The van der Waals surface area contributed by atoms with Gasteiger partial charge in [-0.2, -0.15) is 4.98 Å². The van der Waals surface area contributed by atoms with E-state index in [0.29, 0.717) is 23.9 Å². The monoisotopic (exact) mass is 393 g/mol. The van der Waals surface area contributed by atoms with Gasteiger partial charge >= 0.3 is 0 Å². The summed E-state index contributed by atoms with van der Waals surface area (Å²) >= 11 is 5.88. The maximum Gasteiger partial charge on any atom is 0.266 e. The molecule has 7 nitrogen and oxygen atoms in total. The summed E-state index contributed by atoms with van der Waals surface area (Å²) in [5.41, 5.74) is 0. The van der Waals surface area contributed by atoms with Crippen molar-refractivity contribution < 1.29 is 17.3 Å². The van der Waals surface area contributed by atoms with Crippen molar-refractivity contribution in [2.24, 2.45) is 0 Å². The fourth-order valence-electron chi connectivity index (χ4n) is 2.77. The van der Waals surface area contributed by atoms with Gasteiger partial charge in [0.2, 0.25) is 20.7 Å². The highest BCUT2D eigenvalue weighted by Gasteiger charge is 2.32. The molecule has 9 heteroatoms. The quantitative estimate of drug-likeness (QED) is 0.729. The molecule has 4 rings (SSSR count). The number of rotatable bonds is 4. The van der Waals surface area contributed by atoms with Gasteiger partial charge in [-0.15, -0.1) is 0 Å². The SMILES string of the molecule is O=S(=O)(c1ccc(Cl)cc1)c1nc(-c2ccco2)oc1N1CCNCC1. The Kier molecular flexibility index (Phi) is 4.47. The molecular weight excluding hydrogens is 378 g/mol. The van der Waals surface area contributed by atoms with E-state index >= 15 is 0 Å². The van der Waals surface area contributed by atoms with Gasteiger partial charge in [-0.1, -0.05) is 11.6 Å². The van der Waals surface area contributed by atoms with Crippen LogP contribution in [0.25, 0.3) is 11.7 Å². The number of oxazole rings is 1. The van der Waals surface area contributed by atoms with E-state index in [1.165, 1.54) is 30.5 Å². The minimum absolute atomic E-state index is 0.109. The molecule has 26 heavy (non-hydrogen) atoms. The molecule has 0 atom stereocenters. The molecule has 3 heterocycles. The van der Waals surface area contributed by atoms with Crippen LogP contribution in [0.3, 0.4) is 0 Å². The van der Waals surface area contributed by atoms with E-state index in [0.717, 1.165) is 13.1 Å². The van der Waals surface area contributed by atoms with Crippen LogP contribution in [0.1, 0.15) is 0 Å². The van der Waals surface area contributed by atoms with Gasteiger partial charge in [0, 0.05) is 31.2 Å². The van der Waals surface area contributed by atoms with Crippen LogP contribution in [-0.4, -0.2) is 39.6 Å². The van der Waals surface area contributed by atoms with Crippen LogP contribution in [0.2, 0.25) is 5.02 Å². The van der Waals surface area contributed by atoms with E-state index in [4.69, 9.17) is 20.4 Å². The molecule has 3 aromatic rings. The Morgan fingerprint density at radius 3 is 2.50 bits per heavy atom. The average Bonchev–Trinajstić information content (AvgIpc) is 3.33. The predicted octanol–water partition coefficient (Wildman–Crippen LogP) is 2.83. The number of benzene rings is 1. The molecule has 0 aliphatic carbocycles. The van der Waals surface area contributed by atoms with Crippen molar-refractivity contribution in [1.29, 1.82) is 0 Å². The molecule has 1 aliphatic heterocycles. The number of anilines is 1. The van der Waals surface area contributed by atoms with E-state index in [1.54, 1.807) is 12.1 Å². The third-order valence-corrected chi connectivity index (χ3v) is 6.01. The van der Waals surface area contributed by atoms with Crippen LogP contribution in [0.15, 0.2) is 61.4 Å². The van der Waals surface area contributed by atoms with E-state index in [1.807, 2.05) is 4.90 Å². The number of halogens is 1. The van der Waals surface area contributed by atoms with Crippen LogP contribution in [0.5, 0.6) is 0 Å². The Balaban J connectivity index is 1.84. The fourth-order valence-corrected chi connectivity index (χ4v) is 4.22. The molecule has 1 fully saturated rings. The van der Waals surface area contributed by atoms with E-state index in [9.17, 15) is 8.42 Å². The van der Waals surface area contributed by atoms with Crippen molar-refractivity contribution in [3.05, 3.63) is 47.7 Å². The second-order valence-electron chi connectivity index (χ2n) is 5.80. The molecule has 0 spiro atoms. The first-order chi connectivity index (χ1) is 12.6. The van der Waals surface area contributed by atoms with E-state index in [2.05, 4.69) is 10.3 Å². The number of hydrogen-bond acceptors (Lipinski definition) is 7. The zero-order valence-corrected chi connectivity index (χ0v) is 15.3. The number of nitrogens with zero attached hydrogens (tertiary/aromatic N) is 2. The number of hydrogen-bond donors (Lipinski definition) is 1. The van der Waals surface area contributed by atoms with Crippen molar-refractivity contribution in [3.8, 4) is 11.7 Å². The first-order valence-electron chi connectivity index (χ1n) is 8.07. The molecule has 0 saturated carbocycles. The van der Waals surface area contributed by atoms with Gasteiger partial charge in [0.25, 0.3) is 5.89 Å². The first kappa shape index (κ1) is 17.1. The number of piperazine rings is 1. The van der Waals surface area contributed by atoms with Gasteiger partial charge in [0.05, 0.1) is 11.2 Å². The maximum absolute atomic E-state index is 13.2. The average molecular weight is 394 g/mol. The second kappa shape index (κ2) is 6.79. The molecule has 1 aliphatic rings. The van der Waals surface area contributed by atoms with Gasteiger partial charge < -0.3 is 19.1 Å². The fraction of sp³-hybridized carbons (Fsp3) is 0.235. The lowest BCUT2D eigenvalue weighted by Crippen LogP contribution is -2.43. The van der Waals surface area contributed by atoms with Crippen molar-refractivity contribution in [2.45, 2.75) is 9.92 Å². The highest BCUT2D eigenvalue weighted by atomic mass is 35.5. The van der Waals surface area contributed by atoms with Gasteiger partial charge in [-0.05, 0) is 36.4 Å². The minimum Gasteiger partial charge on any atom is -0.459 e. The van der Waals surface area contributed by atoms with Crippen molar-refractivity contribution in [2.75, 3.05) is 31.1 Å². The Labute approximate surface area is 155 Å². The molecule has 136 valence electrons. The smallest absolute Gasteiger partial charge is 0.266 e. The van der Waals surface area contributed by atoms with Crippen LogP contribution in [-0.2, 0) is 9.84 Å². The zero-order valence-electron chi connectivity index (χ0n) is 13.7. The summed E-state index contributed by atoms with van der Waals surface area (Å²) in [7, 11) is -3.87. The van der Waals surface area contributed by atoms with Gasteiger partial charge in [-0.25, -0.2) is 8.42 Å². The Bertz CT molecular complexity index is 991. The van der Waals surface area contributed by atoms with E-state index in [-0.39, 0.29) is 21.7 Å².